The first-order chi connectivity index (χ1) is 20.4. The Kier molecular flexibility index (Phi) is 9.04. The minimum absolute atomic E-state index is 0.0742. The van der Waals surface area contributed by atoms with Gasteiger partial charge in [0, 0.05) is 58.3 Å². The van der Waals surface area contributed by atoms with Crippen molar-refractivity contribution in [2.24, 2.45) is 0 Å². The van der Waals surface area contributed by atoms with Gasteiger partial charge in [0.05, 0.1) is 23.8 Å². The van der Waals surface area contributed by atoms with Gasteiger partial charge in [-0.25, -0.2) is 4.79 Å². The van der Waals surface area contributed by atoms with Gasteiger partial charge in [-0.2, -0.15) is 0 Å². The van der Waals surface area contributed by atoms with Gasteiger partial charge >= 0.3 is 6.09 Å². The van der Waals surface area contributed by atoms with Crippen LogP contribution in [0.5, 0.6) is 5.75 Å². The zero-order valence-corrected chi connectivity index (χ0v) is 25.3. The Morgan fingerprint density at radius 3 is 2.42 bits per heavy atom. The summed E-state index contributed by atoms with van der Waals surface area (Å²) in [5.41, 5.74) is -0.0946. The SMILES string of the molecule is C[C@H]1CN(C(=O)OC(C)(C)C)CCN1CCN1CC(OCCOc2ccc3c(c2)C(=O)N(C2CCC(=O)NC2=O)C3=O)C1. The van der Waals surface area contributed by atoms with Crippen molar-refractivity contribution in [3.63, 3.8) is 0 Å². The number of hydrogen-bond donors (Lipinski definition) is 1. The second-order valence-electron chi connectivity index (χ2n) is 12.6. The molecule has 13 heteroatoms. The van der Waals surface area contributed by atoms with Gasteiger partial charge in [-0.1, -0.05) is 0 Å². The molecule has 4 heterocycles. The van der Waals surface area contributed by atoms with E-state index < -0.39 is 35.3 Å². The van der Waals surface area contributed by atoms with Crippen molar-refractivity contribution in [3.8, 4) is 5.75 Å². The lowest BCUT2D eigenvalue weighted by atomic mass is 10.0. The number of carbonyl (C=O) groups is 5. The van der Waals surface area contributed by atoms with Crippen LogP contribution < -0.4 is 10.1 Å². The van der Waals surface area contributed by atoms with E-state index in [0.29, 0.717) is 25.4 Å². The highest BCUT2D eigenvalue weighted by Crippen LogP contribution is 2.30. The Labute approximate surface area is 251 Å². The summed E-state index contributed by atoms with van der Waals surface area (Å²) >= 11 is 0. The molecule has 4 aliphatic rings. The fraction of sp³-hybridized carbons (Fsp3) is 0.633. The number of nitrogens with zero attached hydrogens (tertiary/aromatic N) is 4. The number of ether oxygens (including phenoxy) is 3. The first-order valence-electron chi connectivity index (χ1n) is 14.9. The summed E-state index contributed by atoms with van der Waals surface area (Å²) in [7, 11) is 0. The van der Waals surface area contributed by atoms with Gasteiger partial charge in [-0.05, 0) is 52.3 Å². The minimum atomic E-state index is -0.998. The highest BCUT2D eigenvalue weighted by Gasteiger charge is 2.44. The summed E-state index contributed by atoms with van der Waals surface area (Å²) in [4.78, 5) is 69.3. The Bertz CT molecular complexity index is 1270. The van der Waals surface area contributed by atoms with E-state index in [2.05, 4.69) is 22.0 Å². The molecule has 5 amide bonds. The second kappa shape index (κ2) is 12.6. The Morgan fingerprint density at radius 2 is 1.72 bits per heavy atom. The molecule has 1 aromatic rings. The largest absolute Gasteiger partial charge is 0.491 e. The summed E-state index contributed by atoms with van der Waals surface area (Å²) in [6, 6.07) is 3.93. The molecule has 5 rings (SSSR count). The average molecular weight is 600 g/mol. The highest BCUT2D eigenvalue weighted by molar-refractivity contribution is 6.23. The molecule has 43 heavy (non-hydrogen) atoms. The van der Waals surface area contributed by atoms with Gasteiger partial charge in [0.1, 0.15) is 24.0 Å². The van der Waals surface area contributed by atoms with E-state index in [1.807, 2.05) is 20.8 Å². The third kappa shape index (κ3) is 7.16. The third-order valence-corrected chi connectivity index (χ3v) is 8.16. The maximum absolute atomic E-state index is 13.0. The summed E-state index contributed by atoms with van der Waals surface area (Å²) in [6.45, 7) is 14.2. The summed E-state index contributed by atoms with van der Waals surface area (Å²) < 4.78 is 17.2. The molecule has 3 saturated heterocycles. The van der Waals surface area contributed by atoms with Gasteiger partial charge in [0.2, 0.25) is 11.8 Å². The number of carbonyl (C=O) groups excluding carboxylic acids is 5. The Balaban J connectivity index is 0.982. The predicted molar refractivity (Wildman–Crippen MR) is 154 cm³/mol. The normalized spacial score (nSPS) is 23.7. The van der Waals surface area contributed by atoms with Crippen molar-refractivity contribution in [3.05, 3.63) is 29.3 Å². The van der Waals surface area contributed by atoms with Crippen LogP contribution >= 0.6 is 0 Å². The van der Waals surface area contributed by atoms with E-state index in [1.54, 1.807) is 11.0 Å². The van der Waals surface area contributed by atoms with Crippen LogP contribution in [0.1, 0.15) is 61.3 Å². The predicted octanol–water partition coefficient (Wildman–Crippen LogP) is 1.11. The summed E-state index contributed by atoms with van der Waals surface area (Å²) in [5, 5.41) is 2.19. The molecule has 13 nitrogen and oxygen atoms in total. The molecule has 2 atom stereocenters. The van der Waals surface area contributed by atoms with Gasteiger partial charge in [0.15, 0.2) is 0 Å². The van der Waals surface area contributed by atoms with Gasteiger partial charge in [-0.3, -0.25) is 39.2 Å². The van der Waals surface area contributed by atoms with Gasteiger partial charge in [-0.15, -0.1) is 0 Å². The van der Waals surface area contributed by atoms with Gasteiger partial charge < -0.3 is 19.1 Å². The van der Waals surface area contributed by atoms with Crippen LogP contribution in [0.2, 0.25) is 0 Å². The third-order valence-electron chi connectivity index (χ3n) is 8.16. The van der Waals surface area contributed by atoms with Crippen molar-refractivity contribution >= 4 is 29.7 Å². The summed E-state index contributed by atoms with van der Waals surface area (Å²) in [6.07, 6.45) is 0.0693. The number of benzene rings is 1. The number of piperazine rings is 1. The fourth-order valence-corrected chi connectivity index (χ4v) is 5.81. The van der Waals surface area contributed by atoms with Crippen LogP contribution in [0.25, 0.3) is 0 Å². The zero-order valence-electron chi connectivity index (χ0n) is 25.3. The standard InChI is InChI=1S/C30H41N5O8/c1-19-16-34(29(40)43-30(2,3)4)12-11-33(19)10-9-32-17-21(18-32)42-14-13-41-20-5-6-22-23(15-20)28(39)35(27(22)38)24-7-8-25(36)31-26(24)37/h5-6,15,19,21,24H,7-14,16-18H2,1-4H3,(H,31,36,37)/t19-,24?/m0/s1. The van der Waals surface area contributed by atoms with Crippen molar-refractivity contribution in [2.45, 2.75) is 64.3 Å². The first kappa shape index (κ1) is 30.9. The van der Waals surface area contributed by atoms with Gasteiger partial charge in [0.25, 0.3) is 11.8 Å². The van der Waals surface area contributed by atoms with Crippen molar-refractivity contribution < 1.29 is 38.2 Å². The second-order valence-corrected chi connectivity index (χ2v) is 12.6. The number of hydrogen-bond acceptors (Lipinski definition) is 10. The van der Waals surface area contributed by atoms with Crippen LogP contribution in [0, 0.1) is 0 Å². The number of piperidine rings is 1. The van der Waals surface area contributed by atoms with E-state index >= 15 is 0 Å². The number of amides is 5. The number of rotatable bonds is 9. The molecule has 0 aliphatic carbocycles. The van der Waals surface area contributed by atoms with Crippen LogP contribution in [0.3, 0.4) is 0 Å². The molecule has 0 saturated carbocycles. The van der Waals surface area contributed by atoms with Crippen molar-refractivity contribution in [1.29, 1.82) is 0 Å². The molecule has 0 bridgehead atoms. The van der Waals surface area contributed by atoms with Crippen LogP contribution in [0.4, 0.5) is 4.79 Å². The fourth-order valence-electron chi connectivity index (χ4n) is 5.81. The molecule has 0 spiro atoms. The number of likely N-dealkylation sites (tertiary alicyclic amines) is 1. The number of nitrogens with one attached hydrogen (secondary N) is 1. The molecule has 4 aliphatic heterocycles. The molecule has 0 radical (unpaired) electrons. The monoisotopic (exact) mass is 599 g/mol. The smallest absolute Gasteiger partial charge is 0.410 e. The lowest BCUT2D eigenvalue weighted by Crippen LogP contribution is -2.58. The van der Waals surface area contributed by atoms with Crippen LogP contribution in [-0.2, 0) is 19.1 Å². The van der Waals surface area contributed by atoms with E-state index in [4.69, 9.17) is 14.2 Å². The minimum Gasteiger partial charge on any atom is -0.491 e. The Morgan fingerprint density at radius 1 is 0.977 bits per heavy atom. The summed E-state index contributed by atoms with van der Waals surface area (Å²) in [5.74, 6) is -1.72. The first-order valence-corrected chi connectivity index (χ1v) is 14.9. The topological polar surface area (TPSA) is 138 Å². The molecule has 0 aromatic heterocycles. The van der Waals surface area contributed by atoms with E-state index in [-0.39, 0.29) is 48.8 Å². The number of fused-ring (bicyclic) bond motifs is 1. The average Bonchev–Trinajstić information content (AvgIpc) is 3.15. The van der Waals surface area contributed by atoms with Crippen molar-refractivity contribution in [2.75, 3.05) is 59.0 Å². The maximum atomic E-state index is 13.0. The molecular weight excluding hydrogens is 558 g/mol. The number of imide groups is 2. The zero-order chi connectivity index (χ0) is 30.9. The van der Waals surface area contributed by atoms with Crippen molar-refractivity contribution in [1.82, 2.24) is 24.9 Å². The molecule has 3 fully saturated rings. The Hall–Kier alpha value is -3.55. The van der Waals surface area contributed by atoms with E-state index in [9.17, 15) is 24.0 Å². The lowest BCUT2D eigenvalue weighted by Gasteiger charge is -2.43. The molecule has 1 unspecified atom stereocenters. The van der Waals surface area contributed by atoms with E-state index in [1.165, 1.54) is 12.1 Å². The molecule has 1 aromatic carbocycles. The molecular formula is C30H41N5O8. The molecule has 1 N–H and O–H groups in total. The lowest BCUT2D eigenvalue weighted by molar-refractivity contribution is -0.136. The van der Waals surface area contributed by atoms with Crippen LogP contribution in [-0.4, -0.2) is 132 Å². The maximum Gasteiger partial charge on any atom is 0.410 e. The molecule has 234 valence electrons. The van der Waals surface area contributed by atoms with Crippen LogP contribution in [0.15, 0.2) is 18.2 Å². The van der Waals surface area contributed by atoms with E-state index in [0.717, 1.165) is 37.6 Å². The quantitative estimate of drug-likeness (QED) is 0.325. The highest BCUT2D eigenvalue weighted by atomic mass is 16.6.